The zero-order valence-electron chi connectivity index (χ0n) is 10.8. The molecule has 1 aliphatic rings. The molecule has 1 fully saturated rings. The molecular formula is C13H20N2O3. The Hall–Kier alpha value is -1.36. The average molecular weight is 252 g/mol. The highest BCUT2D eigenvalue weighted by molar-refractivity contribution is 5.74. The quantitative estimate of drug-likeness (QED) is 0.586. The fraction of sp³-hybridized carbons (Fsp3) is 0.692. The van der Waals surface area contributed by atoms with Crippen LogP contribution in [-0.4, -0.2) is 25.8 Å². The molecule has 5 nitrogen and oxygen atoms in total. The van der Waals surface area contributed by atoms with E-state index in [1.807, 2.05) is 0 Å². The van der Waals surface area contributed by atoms with Crippen LogP contribution >= 0.6 is 0 Å². The molecule has 0 amide bonds. The van der Waals surface area contributed by atoms with Crippen LogP contribution in [0.4, 0.5) is 11.4 Å². The summed E-state index contributed by atoms with van der Waals surface area (Å²) >= 11 is 0. The zero-order chi connectivity index (χ0) is 13.0. The second kappa shape index (κ2) is 6.00. The Morgan fingerprint density at radius 2 is 1.83 bits per heavy atom. The van der Waals surface area contributed by atoms with Gasteiger partial charge < -0.3 is 15.4 Å². The molecule has 2 rings (SSSR count). The molecule has 1 aromatic rings. The SMILES string of the molecule is CCCCNc1c(NC2CCOCC2)c(=O)c1=O. The normalized spacial score (nSPS) is 16.9. The second-order valence-corrected chi connectivity index (χ2v) is 4.72. The van der Waals surface area contributed by atoms with Crippen molar-refractivity contribution in [2.24, 2.45) is 0 Å². The highest BCUT2D eigenvalue weighted by Crippen LogP contribution is 2.19. The Labute approximate surface area is 106 Å². The molecule has 1 heterocycles. The van der Waals surface area contributed by atoms with Gasteiger partial charge in [0.05, 0.1) is 0 Å². The maximum absolute atomic E-state index is 11.5. The topological polar surface area (TPSA) is 67.4 Å². The maximum Gasteiger partial charge on any atom is 0.253 e. The third-order valence-electron chi connectivity index (χ3n) is 3.31. The lowest BCUT2D eigenvalue weighted by molar-refractivity contribution is 0.0904. The van der Waals surface area contributed by atoms with Crippen molar-refractivity contribution in [2.45, 2.75) is 38.6 Å². The summed E-state index contributed by atoms with van der Waals surface area (Å²) in [4.78, 5) is 23.0. The number of hydrogen-bond donors (Lipinski definition) is 2. The fourth-order valence-corrected chi connectivity index (χ4v) is 2.13. The summed E-state index contributed by atoms with van der Waals surface area (Å²) < 4.78 is 5.26. The molecule has 1 aromatic carbocycles. The monoisotopic (exact) mass is 252 g/mol. The first kappa shape index (κ1) is 13.1. The molecule has 0 radical (unpaired) electrons. The van der Waals surface area contributed by atoms with Gasteiger partial charge in [0.2, 0.25) is 0 Å². The molecule has 100 valence electrons. The minimum Gasteiger partial charge on any atom is -0.381 e. The van der Waals surface area contributed by atoms with Crippen LogP contribution in [0.5, 0.6) is 0 Å². The van der Waals surface area contributed by atoms with Gasteiger partial charge in [0.1, 0.15) is 11.4 Å². The van der Waals surface area contributed by atoms with Crippen molar-refractivity contribution >= 4 is 11.4 Å². The van der Waals surface area contributed by atoms with E-state index in [0.29, 0.717) is 24.6 Å². The van der Waals surface area contributed by atoms with Crippen LogP contribution in [0.15, 0.2) is 9.59 Å². The fourth-order valence-electron chi connectivity index (χ4n) is 2.13. The molecule has 1 saturated heterocycles. The number of rotatable bonds is 6. The third-order valence-corrected chi connectivity index (χ3v) is 3.31. The molecule has 0 unspecified atom stereocenters. The highest BCUT2D eigenvalue weighted by Gasteiger charge is 2.23. The van der Waals surface area contributed by atoms with E-state index in [0.717, 1.165) is 32.2 Å². The zero-order valence-corrected chi connectivity index (χ0v) is 10.8. The van der Waals surface area contributed by atoms with Crippen LogP contribution in [0.2, 0.25) is 0 Å². The molecule has 0 aliphatic carbocycles. The van der Waals surface area contributed by atoms with Crippen molar-refractivity contribution < 1.29 is 4.74 Å². The van der Waals surface area contributed by atoms with Gasteiger partial charge in [0, 0.05) is 25.8 Å². The van der Waals surface area contributed by atoms with Crippen molar-refractivity contribution in [3.63, 3.8) is 0 Å². The summed E-state index contributed by atoms with van der Waals surface area (Å²) in [5.41, 5.74) is 0.170. The Morgan fingerprint density at radius 1 is 1.17 bits per heavy atom. The lowest BCUT2D eigenvalue weighted by atomic mass is 10.1. The number of ether oxygens (including phenoxy) is 1. The highest BCUT2D eigenvalue weighted by atomic mass is 16.5. The largest absolute Gasteiger partial charge is 0.381 e. The predicted octanol–water partition coefficient (Wildman–Crippen LogP) is 1.09. The van der Waals surface area contributed by atoms with E-state index in [-0.39, 0.29) is 16.9 Å². The average Bonchev–Trinajstić information content (AvgIpc) is 2.42. The molecular weight excluding hydrogens is 232 g/mol. The predicted molar refractivity (Wildman–Crippen MR) is 72.2 cm³/mol. The molecule has 2 N–H and O–H groups in total. The molecule has 1 aliphatic heterocycles. The van der Waals surface area contributed by atoms with E-state index >= 15 is 0 Å². The Balaban J connectivity index is 1.96. The first-order valence-corrected chi connectivity index (χ1v) is 6.65. The van der Waals surface area contributed by atoms with Crippen LogP contribution in [0.1, 0.15) is 32.6 Å². The van der Waals surface area contributed by atoms with Gasteiger partial charge >= 0.3 is 0 Å². The van der Waals surface area contributed by atoms with Gasteiger partial charge in [-0.15, -0.1) is 0 Å². The van der Waals surface area contributed by atoms with Gasteiger partial charge in [-0.2, -0.15) is 0 Å². The van der Waals surface area contributed by atoms with Crippen LogP contribution in [0.3, 0.4) is 0 Å². The van der Waals surface area contributed by atoms with Crippen molar-refractivity contribution in [3.05, 3.63) is 20.4 Å². The van der Waals surface area contributed by atoms with Crippen molar-refractivity contribution in [2.75, 3.05) is 30.4 Å². The number of unbranched alkanes of at least 4 members (excludes halogenated alkanes) is 1. The molecule has 0 saturated carbocycles. The minimum absolute atomic E-state index is 0.244. The molecule has 0 aromatic heterocycles. The van der Waals surface area contributed by atoms with Gasteiger partial charge in [0.25, 0.3) is 10.9 Å². The van der Waals surface area contributed by atoms with Gasteiger partial charge in [-0.05, 0) is 19.3 Å². The molecule has 0 bridgehead atoms. The Bertz CT molecular complexity index is 457. The second-order valence-electron chi connectivity index (χ2n) is 4.72. The Kier molecular flexibility index (Phi) is 4.36. The Morgan fingerprint density at radius 3 is 2.50 bits per heavy atom. The maximum atomic E-state index is 11.5. The van der Waals surface area contributed by atoms with Gasteiger partial charge in [-0.25, -0.2) is 0 Å². The minimum atomic E-state index is -0.388. The molecule has 18 heavy (non-hydrogen) atoms. The van der Waals surface area contributed by atoms with Gasteiger partial charge in [-0.3, -0.25) is 9.59 Å². The van der Waals surface area contributed by atoms with E-state index in [1.165, 1.54) is 0 Å². The third kappa shape index (κ3) is 2.72. The summed E-state index contributed by atoms with van der Waals surface area (Å²) in [5, 5.41) is 6.23. The van der Waals surface area contributed by atoms with Crippen molar-refractivity contribution in [1.82, 2.24) is 0 Å². The van der Waals surface area contributed by atoms with Crippen LogP contribution < -0.4 is 21.5 Å². The summed E-state index contributed by atoms with van der Waals surface area (Å²) in [6.07, 6.45) is 3.82. The van der Waals surface area contributed by atoms with Gasteiger partial charge in [0.15, 0.2) is 0 Å². The lowest BCUT2D eigenvalue weighted by Gasteiger charge is -2.25. The van der Waals surface area contributed by atoms with Crippen LogP contribution in [0, 0.1) is 0 Å². The standard InChI is InChI=1S/C13H20N2O3/c1-2-3-6-14-10-11(13(17)12(10)16)15-9-4-7-18-8-5-9/h9,14-15H,2-8H2,1H3. The number of anilines is 2. The molecule has 0 spiro atoms. The van der Waals surface area contributed by atoms with Crippen LogP contribution in [0.25, 0.3) is 0 Å². The first-order valence-electron chi connectivity index (χ1n) is 6.65. The van der Waals surface area contributed by atoms with E-state index < -0.39 is 0 Å². The summed E-state index contributed by atoms with van der Waals surface area (Å²) in [6, 6.07) is 0.244. The molecule has 5 heteroatoms. The van der Waals surface area contributed by atoms with E-state index in [2.05, 4.69) is 17.6 Å². The summed E-state index contributed by atoms with van der Waals surface area (Å²) in [6.45, 7) is 4.26. The smallest absolute Gasteiger partial charge is 0.253 e. The lowest BCUT2D eigenvalue weighted by Crippen LogP contribution is -2.41. The van der Waals surface area contributed by atoms with E-state index in [1.54, 1.807) is 0 Å². The van der Waals surface area contributed by atoms with Crippen LogP contribution in [-0.2, 0) is 4.74 Å². The summed E-state index contributed by atoms with van der Waals surface area (Å²) in [5.74, 6) is 0. The first-order chi connectivity index (χ1) is 8.74. The summed E-state index contributed by atoms with van der Waals surface area (Å²) in [7, 11) is 0. The van der Waals surface area contributed by atoms with E-state index in [9.17, 15) is 9.59 Å². The van der Waals surface area contributed by atoms with E-state index in [4.69, 9.17) is 4.74 Å². The molecule has 0 atom stereocenters. The van der Waals surface area contributed by atoms with Gasteiger partial charge in [-0.1, -0.05) is 13.3 Å². The van der Waals surface area contributed by atoms with Crippen molar-refractivity contribution in [3.8, 4) is 0 Å². The number of nitrogens with one attached hydrogen (secondary N) is 2. The van der Waals surface area contributed by atoms with Crippen molar-refractivity contribution in [1.29, 1.82) is 0 Å². The number of hydrogen-bond acceptors (Lipinski definition) is 5.